The molecule has 20 heavy (non-hydrogen) atoms. The number of carbonyl (C=O) groups excluding carboxylic acids is 1. The number of hydrogen-bond donors (Lipinski definition) is 2. The van der Waals surface area contributed by atoms with E-state index in [1.807, 2.05) is 20.9 Å². The number of ether oxygens (including phenoxy) is 1. The zero-order valence-electron chi connectivity index (χ0n) is 11.7. The third kappa shape index (κ3) is 1.89. The number of rotatable bonds is 2. The Hall–Kier alpha value is -2.50. The molecule has 1 aliphatic rings. The maximum atomic E-state index is 11.4. The molecule has 6 nitrogen and oxygen atoms in total. The van der Waals surface area contributed by atoms with E-state index in [-0.39, 0.29) is 5.91 Å². The van der Waals surface area contributed by atoms with Crippen molar-refractivity contribution < 1.29 is 9.53 Å². The number of hydrogen-bond acceptors (Lipinski definition) is 4. The Bertz CT molecular complexity index is 718. The molecule has 1 aromatic heterocycles. The summed E-state index contributed by atoms with van der Waals surface area (Å²) in [5.41, 5.74) is 9.91. The Morgan fingerprint density at radius 1 is 1.40 bits per heavy atom. The van der Waals surface area contributed by atoms with E-state index in [0.717, 1.165) is 22.6 Å². The molecule has 1 aliphatic heterocycles. The first-order valence-electron chi connectivity index (χ1n) is 6.36. The maximum absolute atomic E-state index is 11.4. The van der Waals surface area contributed by atoms with Crippen molar-refractivity contribution in [2.45, 2.75) is 20.3 Å². The minimum absolute atomic E-state index is 0.0229. The Labute approximate surface area is 116 Å². The van der Waals surface area contributed by atoms with E-state index in [4.69, 9.17) is 10.5 Å². The van der Waals surface area contributed by atoms with Crippen LogP contribution in [0.5, 0.6) is 11.5 Å². The molecule has 0 spiro atoms. The van der Waals surface area contributed by atoms with Crippen LogP contribution in [0.15, 0.2) is 12.1 Å². The number of nitrogens with two attached hydrogens (primary N) is 1. The fourth-order valence-electron chi connectivity index (χ4n) is 2.37. The Kier molecular flexibility index (Phi) is 2.67. The van der Waals surface area contributed by atoms with Gasteiger partial charge in [0.1, 0.15) is 5.69 Å². The van der Waals surface area contributed by atoms with Crippen LogP contribution in [0.3, 0.4) is 0 Å². The van der Waals surface area contributed by atoms with Gasteiger partial charge in [0, 0.05) is 18.8 Å². The third-order valence-corrected chi connectivity index (χ3v) is 3.52. The summed E-state index contributed by atoms with van der Waals surface area (Å²) in [6.45, 7) is 3.81. The second-order valence-electron chi connectivity index (χ2n) is 5.00. The number of anilines is 2. The van der Waals surface area contributed by atoms with Crippen LogP contribution in [0.25, 0.3) is 0 Å². The topological polar surface area (TPSA) is 82.2 Å². The van der Waals surface area contributed by atoms with Gasteiger partial charge in [-0.1, -0.05) is 0 Å². The first-order chi connectivity index (χ1) is 9.45. The smallest absolute Gasteiger partial charge is 0.228 e. The number of nitrogen functional groups attached to an aromatic ring is 1. The van der Waals surface area contributed by atoms with Crippen molar-refractivity contribution in [2.24, 2.45) is 7.05 Å². The van der Waals surface area contributed by atoms with Crippen LogP contribution in [0.2, 0.25) is 0 Å². The van der Waals surface area contributed by atoms with Crippen molar-refractivity contribution in [3.8, 4) is 11.5 Å². The number of nitrogens with one attached hydrogen (secondary N) is 1. The highest BCUT2D eigenvalue weighted by Gasteiger charge is 2.21. The predicted molar refractivity (Wildman–Crippen MR) is 75.9 cm³/mol. The van der Waals surface area contributed by atoms with Crippen molar-refractivity contribution in [1.82, 2.24) is 9.78 Å². The standard InChI is InChI=1S/C14H16N4O2/c1-7-14(8(2)18(3)17-7)20-12-6-11-9(4-10(12)15)5-13(19)16-11/h4,6H,5,15H2,1-3H3,(H,16,19). The maximum Gasteiger partial charge on any atom is 0.228 e. The van der Waals surface area contributed by atoms with E-state index < -0.39 is 0 Å². The second kappa shape index (κ2) is 4.26. The van der Waals surface area contributed by atoms with Gasteiger partial charge in [-0.05, 0) is 25.5 Å². The highest BCUT2D eigenvalue weighted by molar-refractivity contribution is 6.00. The van der Waals surface area contributed by atoms with Gasteiger partial charge >= 0.3 is 0 Å². The van der Waals surface area contributed by atoms with Crippen LogP contribution >= 0.6 is 0 Å². The second-order valence-corrected chi connectivity index (χ2v) is 5.00. The minimum Gasteiger partial charge on any atom is -0.451 e. The zero-order valence-corrected chi connectivity index (χ0v) is 11.7. The molecule has 2 aromatic rings. The van der Waals surface area contributed by atoms with Crippen LogP contribution in [-0.4, -0.2) is 15.7 Å². The summed E-state index contributed by atoms with van der Waals surface area (Å²) >= 11 is 0. The lowest BCUT2D eigenvalue weighted by molar-refractivity contribution is -0.115. The summed E-state index contributed by atoms with van der Waals surface area (Å²) in [5.74, 6) is 1.21. The highest BCUT2D eigenvalue weighted by Crippen LogP contribution is 2.37. The van der Waals surface area contributed by atoms with E-state index in [2.05, 4.69) is 10.4 Å². The number of carbonyl (C=O) groups is 1. The van der Waals surface area contributed by atoms with Crippen LogP contribution < -0.4 is 15.8 Å². The number of amides is 1. The summed E-state index contributed by atoms with van der Waals surface area (Å²) in [4.78, 5) is 11.4. The number of nitrogens with zero attached hydrogens (tertiary/aromatic N) is 2. The lowest BCUT2D eigenvalue weighted by atomic mass is 10.1. The molecule has 0 unspecified atom stereocenters. The summed E-state index contributed by atoms with van der Waals surface area (Å²) in [7, 11) is 1.86. The molecule has 0 atom stereocenters. The molecule has 1 aromatic carbocycles. The fourth-order valence-corrected chi connectivity index (χ4v) is 2.37. The molecule has 0 saturated heterocycles. The lowest BCUT2D eigenvalue weighted by Gasteiger charge is -2.10. The van der Waals surface area contributed by atoms with Gasteiger partial charge in [-0.25, -0.2) is 0 Å². The van der Waals surface area contributed by atoms with Gasteiger partial charge in [-0.15, -0.1) is 0 Å². The zero-order chi connectivity index (χ0) is 14.4. The first kappa shape index (κ1) is 12.5. The van der Waals surface area contributed by atoms with Crippen LogP contribution in [-0.2, 0) is 18.3 Å². The van der Waals surface area contributed by atoms with Crippen molar-refractivity contribution in [2.75, 3.05) is 11.1 Å². The molecular formula is C14H16N4O2. The molecule has 0 saturated carbocycles. The van der Waals surface area contributed by atoms with Crippen molar-refractivity contribution >= 4 is 17.3 Å². The minimum atomic E-state index is -0.0229. The van der Waals surface area contributed by atoms with Gasteiger partial charge in [0.25, 0.3) is 0 Å². The van der Waals surface area contributed by atoms with E-state index in [0.29, 0.717) is 23.6 Å². The number of aryl methyl sites for hydroxylation is 2. The molecule has 104 valence electrons. The fraction of sp³-hybridized carbons (Fsp3) is 0.286. The van der Waals surface area contributed by atoms with Gasteiger partial charge in [-0.3, -0.25) is 9.48 Å². The average molecular weight is 272 g/mol. The van der Waals surface area contributed by atoms with Crippen LogP contribution in [0.1, 0.15) is 17.0 Å². The number of benzene rings is 1. The molecule has 0 radical (unpaired) electrons. The van der Waals surface area contributed by atoms with Crippen LogP contribution in [0.4, 0.5) is 11.4 Å². The van der Waals surface area contributed by atoms with E-state index in [1.165, 1.54) is 0 Å². The van der Waals surface area contributed by atoms with E-state index in [1.54, 1.807) is 16.8 Å². The summed E-state index contributed by atoms with van der Waals surface area (Å²) in [5, 5.41) is 7.09. The quantitative estimate of drug-likeness (QED) is 0.818. The third-order valence-electron chi connectivity index (χ3n) is 3.52. The lowest BCUT2D eigenvalue weighted by Crippen LogP contribution is -2.03. The highest BCUT2D eigenvalue weighted by atomic mass is 16.5. The Balaban J connectivity index is 2.00. The van der Waals surface area contributed by atoms with Gasteiger partial charge in [-0.2, -0.15) is 5.10 Å². The molecular weight excluding hydrogens is 256 g/mol. The number of fused-ring (bicyclic) bond motifs is 1. The van der Waals surface area contributed by atoms with Crippen LogP contribution in [0, 0.1) is 13.8 Å². The van der Waals surface area contributed by atoms with Gasteiger partial charge < -0.3 is 15.8 Å². The first-order valence-corrected chi connectivity index (χ1v) is 6.36. The largest absolute Gasteiger partial charge is 0.451 e. The normalized spacial score (nSPS) is 13.2. The molecule has 0 bridgehead atoms. The Morgan fingerprint density at radius 2 is 2.15 bits per heavy atom. The monoisotopic (exact) mass is 272 g/mol. The summed E-state index contributed by atoms with van der Waals surface area (Å²) < 4.78 is 7.65. The molecule has 0 fully saturated rings. The number of aromatic nitrogens is 2. The SMILES string of the molecule is Cc1nn(C)c(C)c1Oc1cc2c(cc1N)CC(=O)N2. The molecule has 2 heterocycles. The summed E-state index contributed by atoms with van der Waals surface area (Å²) in [6.07, 6.45) is 0.366. The summed E-state index contributed by atoms with van der Waals surface area (Å²) in [6, 6.07) is 3.55. The Morgan fingerprint density at radius 3 is 2.80 bits per heavy atom. The van der Waals surface area contributed by atoms with E-state index in [9.17, 15) is 4.79 Å². The molecule has 0 aliphatic carbocycles. The molecule has 3 N–H and O–H groups in total. The van der Waals surface area contributed by atoms with Gasteiger partial charge in [0.2, 0.25) is 5.91 Å². The van der Waals surface area contributed by atoms with Gasteiger partial charge in [0.05, 0.1) is 17.8 Å². The van der Waals surface area contributed by atoms with E-state index >= 15 is 0 Å². The molecule has 3 rings (SSSR count). The van der Waals surface area contributed by atoms with Crippen molar-refractivity contribution in [1.29, 1.82) is 0 Å². The average Bonchev–Trinajstić information content (AvgIpc) is 2.83. The molecule has 6 heteroatoms. The van der Waals surface area contributed by atoms with Crippen molar-refractivity contribution in [3.05, 3.63) is 29.1 Å². The predicted octanol–water partition coefficient (Wildman–Crippen LogP) is 1.91. The molecule has 1 amide bonds. The van der Waals surface area contributed by atoms with Gasteiger partial charge in [0.15, 0.2) is 11.5 Å². The van der Waals surface area contributed by atoms with Crippen molar-refractivity contribution in [3.63, 3.8) is 0 Å².